The van der Waals surface area contributed by atoms with Gasteiger partial charge in [0.1, 0.15) is 0 Å². The Labute approximate surface area is 102 Å². The number of carbonyl (C=O) groups is 1. The zero-order chi connectivity index (χ0) is 11.9. The maximum atomic E-state index is 11.8. The van der Waals surface area contributed by atoms with E-state index in [0.717, 1.165) is 19.3 Å². The van der Waals surface area contributed by atoms with Crippen LogP contribution in [0.15, 0.2) is 0 Å². The van der Waals surface area contributed by atoms with Gasteiger partial charge >= 0.3 is 0 Å². The molecule has 0 bridgehead atoms. The molecular formula is C13H21NO3. The summed E-state index contributed by atoms with van der Waals surface area (Å²) >= 11 is 0. The molecule has 3 rings (SSSR count). The molecule has 4 heteroatoms. The smallest absolute Gasteiger partial charge is 0.220 e. The summed E-state index contributed by atoms with van der Waals surface area (Å²) in [6.45, 7) is 1.43. The zero-order valence-electron chi connectivity index (χ0n) is 10.2. The van der Waals surface area contributed by atoms with Gasteiger partial charge in [0.05, 0.1) is 6.10 Å². The molecule has 0 aromatic rings. The minimum atomic E-state index is -0.252. The minimum absolute atomic E-state index is 0.0859. The number of hydrogen-bond donors (Lipinski definition) is 2. The maximum absolute atomic E-state index is 11.8. The molecule has 96 valence electrons. The molecule has 0 unspecified atom stereocenters. The van der Waals surface area contributed by atoms with Gasteiger partial charge in [-0.1, -0.05) is 0 Å². The molecule has 0 radical (unpaired) electrons. The molecule has 2 aliphatic carbocycles. The SMILES string of the molecule is O=C(CC1CC1)N[C@H]1C[C@H](O)C12CCOCC2. The van der Waals surface area contributed by atoms with E-state index in [0.29, 0.717) is 25.6 Å². The van der Waals surface area contributed by atoms with Crippen LogP contribution in [0.5, 0.6) is 0 Å². The molecule has 3 aliphatic rings. The second-order valence-corrected chi connectivity index (χ2v) is 5.86. The van der Waals surface area contributed by atoms with Crippen molar-refractivity contribution in [2.75, 3.05) is 13.2 Å². The lowest BCUT2D eigenvalue weighted by atomic mass is 9.58. The van der Waals surface area contributed by atoms with Gasteiger partial charge in [0.2, 0.25) is 5.91 Å². The largest absolute Gasteiger partial charge is 0.392 e. The van der Waals surface area contributed by atoms with Gasteiger partial charge in [-0.25, -0.2) is 0 Å². The fourth-order valence-electron chi connectivity index (χ4n) is 3.24. The number of hydrogen-bond acceptors (Lipinski definition) is 3. The predicted octanol–water partition coefficient (Wildman–Crippen LogP) is 0.833. The van der Waals surface area contributed by atoms with E-state index < -0.39 is 0 Å². The van der Waals surface area contributed by atoms with Crippen molar-refractivity contribution >= 4 is 5.91 Å². The van der Waals surface area contributed by atoms with Crippen LogP contribution >= 0.6 is 0 Å². The topological polar surface area (TPSA) is 58.6 Å². The Bertz CT molecular complexity index is 308. The molecule has 0 aromatic heterocycles. The van der Waals surface area contributed by atoms with Crippen molar-refractivity contribution in [3.05, 3.63) is 0 Å². The van der Waals surface area contributed by atoms with Crippen LogP contribution in [0, 0.1) is 11.3 Å². The normalized spacial score (nSPS) is 35.4. The van der Waals surface area contributed by atoms with Gasteiger partial charge in [-0.15, -0.1) is 0 Å². The summed E-state index contributed by atoms with van der Waals surface area (Å²) in [6.07, 6.45) is 5.32. The highest BCUT2D eigenvalue weighted by Crippen LogP contribution is 2.49. The molecule has 1 spiro atoms. The van der Waals surface area contributed by atoms with Crippen LogP contribution in [0.4, 0.5) is 0 Å². The molecule has 17 heavy (non-hydrogen) atoms. The Balaban J connectivity index is 1.57. The van der Waals surface area contributed by atoms with Crippen molar-refractivity contribution in [3.8, 4) is 0 Å². The van der Waals surface area contributed by atoms with E-state index in [1.54, 1.807) is 0 Å². The molecular weight excluding hydrogens is 218 g/mol. The number of rotatable bonds is 3. The molecule has 4 nitrogen and oxygen atoms in total. The number of carbonyl (C=O) groups excluding carboxylic acids is 1. The molecule has 1 amide bonds. The number of nitrogens with one attached hydrogen (secondary N) is 1. The van der Waals surface area contributed by atoms with Crippen LogP contribution in [0.25, 0.3) is 0 Å². The van der Waals surface area contributed by atoms with Gasteiger partial charge in [-0.3, -0.25) is 4.79 Å². The van der Waals surface area contributed by atoms with E-state index in [4.69, 9.17) is 4.74 Å². The van der Waals surface area contributed by atoms with Gasteiger partial charge < -0.3 is 15.2 Å². The summed E-state index contributed by atoms with van der Waals surface area (Å²) in [6, 6.07) is 0.174. The number of aliphatic hydroxyl groups excluding tert-OH is 1. The third-order valence-electron chi connectivity index (χ3n) is 4.75. The third-order valence-corrected chi connectivity index (χ3v) is 4.75. The van der Waals surface area contributed by atoms with Gasteiger partial charge in [-0.2, -0.15) is 0 Å². The van der Waals surface area contributed by atoms with Gasteiger partial charge in [-0.05, 0) is 38.0 Å². The fourth-order valence-corrected chi connectivity index (χ4v) is 3.24. The van der Waals surface area contributed by atoms with Gasteiger partial charge in [0, 0.05) is 31.1 Å². The Morgan fingerprint density at radius 3 is 2.65 bits per heavy atom. The third kappa shape index (κ3) is 2.08. The summed E-state index contributed by atoms with van der Waals surface area (Å²) in [5, 5.41) is 13.1. The number of aliphatic hydroxyl groups is 1. The van der Waals surface area contributed by atoms with Crippen LogP contribution in [-0.4, -0.2) is 36.4 Å². The van der Waals surface area contributed by atoms with E-state index >= 15 is 0 Å². The van der Waals surface area contributed by atoms with Crippen molar-refractivity contribution in [1.82, 2.24) is 5.32 Å². The first-order chi connectivity index (χ1) is 8.21. The van der Waals surface area contributed by atoms with Crippen LogP contribution < -0.4 is 5.32 Å². The zero-order valence-corrected chi connectivity index (χ0v) is 10.2. The summed E-state index contributed by atoms with van der Waals surface area (Å²) in [5.41, 5.74) is -0.0859. The summed E-state index contributed by atoms with van der Waals surface area (Å²) in [5.74, 6) is 0.806. The van der Waals surface area contributed by atoms with E-state index in [-0.39, 0.29) is 23.5 Å². The van der Waals surface area contributed by atoms with Crippen molar-refractivity contribution < 1.29 is 14.6 Å². The van der Waals surface area contributed by atoms with Gasteiger partial charge in [0.25, 0.3) is 0 Å². The molecule has 2 N–H and O–H groups in total. The second kappa shape index (κ2) is 4.25. The summed E-state index contributed by atoms with van der Waals surface area (Å²) < 4.78 is 5.35. The highest BCUT2D eigenvalue weighted by Gasteiger charge is 2.55. The first-order valence-electron chi connectivity index (χ1n) is 6.76. The monoisotopic (exact) mass is 239 g/mol. The molecule has 1 heterocycles. The van der Waals surface area contributed by atoms with E-state index in [9.17, 15) is 9.90 Å². The lowest BCUT2D eigenvalue weighted by Gasteiger charge is -2.55. The van der Waals surface area contributed by atoms with Crippen LogP contribution in [0.3, 0.4) is 0 Å². The van der Waals surface area contributed by atoms with E-state index in [1.165, 1.54) is 12.8 Å². The maximum Gasteiger partial charge on any atom is 0.220 e. The fraction of sp³-hybridized carbons (Fsp3) is 0.923. The van der Waals surface area contributed by atoms with Gasteiger partial charge in [0.15, 0.2) is 0 Å². The Morgan fingerprint density at radius 1 is 1.35 bits per heavy atom. The quantitative estimate of drug-likeness (QED) is 0.767. The standard InChI is InChI=1S/C13H21NO3/c15-11-8-10(13(11)3-5-17-6-4-13)14-12(16)7-9-1-2-9/h9-11,15H,1-8H2,(H,14,16)/t10-,11-/m0/s1. The summed E-state index contributed by atoms with van der Waals surface area (Å²) in [7, 11) is 0. The Hall–Kier alpha value is -0.610. The average molecular weight is 239 g/mol. The Kier molecular flexibility index (Phi) is 2.87. The van der Waals surface area contributed by atoms with Crippen LogP contribution in [0.1, 0.15) is 38.5 Å². The highest BCUT2D eigenvalue weighted by molar-refractivity contribution is 5.77. The lowest BCUT2D eigenvalue weighted by molar-refractivity contribution is -0.156. The predicted molar refractivity (Wildman–Crippen MR) is 62.4 cm³/mol. The first-order valence-corrected chi connectivity index (χ1v) is 6.76. The van der Waals surface area contributed by atoms with Crippen molar-refractivity contribution in [3.63, 3.8) is 0 Å². The van der Waals surface area contributed by atoms with E-state index in [2.05, 4.69) is 5.32 Å². The van der Waals surface area contributed by atoms with Crippen LogP contribution in [-0.2, 0) is 9.53 Å². The molecule has 1 aliphatic heterocycles. The molecule has 3 fully saturated rings. The molecule has 2 saturated carbocycles. The van der Waals surface area contributed by atoms with Crippen molar-refractivity contribution in [2.24, 2.45) is 11.3 Å². The minimum Gasteiger partial charge on any atom is -0.392 e. The highest BCUT2D eigenvalue weighted by atomic mass is 16.5. The second-order valence-electron chi connectivity index (χ2n) is 5.86. The van der Waals surface area contributed by atoms with Crippen LogP contribution in [0.2, 0.25) is 0 Å². The number of amides is 1. The first kappa shape index (κ1) is 11.5. The number of ether oxygens (including phenoxy) is 1. The van der Waals surface area contributed by atoms with Crippen molar-refractivity contribution in [1.29, 1.82) is 0 Å². The molecule has 2 atom stereocenters. The molecule has 1 saturated heterocycles. The lowest BCUT2D eigenvalue weighted by Crippen LogP contribution is -2.65. The molecule has 0 aromatic carbocycles. The van der Waals surface area contributed by atoms with E-state index in [1.807, 2.05) is 0 Å². The van der Waals surface area contributed by atoms with Crippen molar-refractivity contribution in [2.45, 2.75) is 50.7 Å². The summed E-state index contributed by atoms with van der Waals surface area (Å²) in [4.78, 5) is 11.8. The average Bonchev–Trinajstić information content (AvgIpc) is 3.14. The Morgan fingerprint density at radius 2 is 2.06 bits per heavy atom.